The van der Waals surface area contributed by atoms with E-state index < -0.39 is 0 Å². The number of hydrazone groups is 1. The Kier molecular flexibility index (Phi) is 7.00. The highest BCUT2D eigenvalue weighted by Crippen LogP contribution is 2.33. The summed E-state index contributed by atoms with van der Waals surface area (Å²) in [6.45, 7) is 2.07. The van der Waals surface area contributed by atoms with Crippen LogP contribution in [0.1, 0.15) is 42.0 Å². The molecule has 1 amide bonds. The summed E-state index contributed by atoms with van der Waals surface area (Å²) < 4.78 is 27.0. The van der Waals surface area contributed by atoms with Crippen LogP contribution < -0.4 is 0 Å². The monoisotopic (exact) mass is 473 g/mol. The number of rotatable bonds is 6. The number of hydrogen-bond acceptors (Lipinski definition) is 3. The van der Waals surface area contributed by atoms with E-state index in [1.807, 2.05) is 6.07 Å². The van der Waals surface area contributed by atoms with Gasteiger partial charge in [-0.15, -0.1) is 0 Å². The maximum Gasteiger partial charge on any atom is 0.257 e. The summed E-state index contributed by atoms with van der Waals surface area (Å²) in [5.41, 5.74) is 3.72. The molecular formula is C29H29F2N3O. The molecule has 0 aromatic heterocycles. The first-order chi connectivity index (χ1) is 17.0. The summed E-state index contributed by atoms with van der Waals surface area (Å²) in [5.74, 6) is -0.0720. The zero-order valence-electron chi connectivity index (χ0n) is 19.6. The van der Waals surface area contributed by atoms with Crippen LogP contribution in [0.4, 0.5) is 8.78 Å². The van der Waals surface area contributed by atoms with Crippen molar-refractivity contribution >= 4 is 11.6 Å². The highest BCUT2D eigenvalue weighted by Gasteiger charge is 2.34. The van der Waals surface area contributed by atoms with Gasteiger partial charge in [0.25, 0.3) is 5.91 Å². The Morgan fingerprint density at radius 1 is 0.857 bits per heavy atom. The van der Waals surface area contributed by atoms with Crippen molar-refractivity contribution < 1.29 is 13.6 Å². The minimum Gasteiger partial charge on any atom is -0.294 e. The van der Waals surface area contributed by atoms with Crippen LogP contribution in [0.15, 0.2) is 84.0 Å². The molecule has 0 saturated carbocycles. The predicted molar refractivity (Wildman–Crippen MR) is 133 cm³/mol. The quantitative estimate of drug-likeness (QED) is 0.467. The van der Waals surface area contributed by atoms with Crippen LogP contribution in [0, 0.1) is 17.6 Å². The summed E-state index contributed by atoms with van der Waals surface area (Å²) in [6.07, 6.45) is 3.70. The lowest BCUT2D eigenvalue weighted by molar-refractivity contribution is -0.134. The van der Waals surface area contributed by atoms with Crippen molar-refractivity contribution in [2.75, 3.05) is 19.6 Å². The maximum atomic E-state index is 13.5. The molecule has 1 saturated heterocycles. The number of nitrogens with zero attached hydrogens (tertiary/aromatic N) is 3. The van der Waals surface area contributed by atoms with E-state index in [1.54, 1.807) is 29.3 Å². The SMILES string of the molecule is O=C(CN1CCC(Cc2ccccc2)CC1)N1N=C(c2ccc(F)cc2)CC1c1ccc(F)cc1. The Morgan fingerprint density at radius 2 is 1.49 bits per heavy atom. The fraction of sp³-hybridized carbons (Fsp3) is 0.310. The van der Waals surface area contributed by atoms with Gasteiger partial charge in [0, 0.05) is 6.42 Å². The average molecular weight is 474 g/mol. The fourth-order valence-electron chi connectivity index (χ4n) is 5.06. The summed E-state index contributed by atoms with van der Waals surface area (Å²) in [6, 6.07) is 22.6. The van der Waals surface area contributed by atoms with Gasteiger partial charge in [0.2, 0.25) is 0 Å². The van der Waals surface area contributed by atoms with E-state index in [1.165, 1.54) is 29.8 Å². The van der Waals surface area contributed by atoms with Gasteiger partial charge in [-0.25, -0.2) is 13.8 Å². The molecule has 0 N–H and O–H groups in total. The van der Waals surface area contributed by atoms with Crippen molar-refractivity contribution in [3.8, 4) is 0 Å². The molecule has 1 fully saturated rings. The van der Waals surface area contributed by atoms with Gasteiger partial charge < -0.3 is 0 Å². The minimum atomic E-state index is -0.317. The first kappa shape index (κ1) is 23.4. The zero-order valence-corrected chi connectivity index (χ0v) is 19.6. The lowest BCUT2D eigenvalue weighted by Crippen LogP contribution is -2.42. The molecule has 2 aliphatic rings. The molecule has 6 heteroatoms. The van der Waals surface area contributed by atoms with Crippen LogP contribution in [-0.2, 0) is 11.2 Å². The minimum absolute atomic E-state index is 0.0713. The van der Waals surface area contributed by atoms with Gasteiger partial charge in [-0.05, 0) is 79.2 Å². The first-order valence-corrected chi connectivity index (χ1v) is 12.2. The second-order valence-corrected chi connectivity index (χ2v) is 9.47. The Labute approximate surface area is 204 Å². The van der Waals surface area contributed by atoms with Crippen molar-refractivity contribution in [3.63, 3.8) is 0 Å². The molecule has 1 atom stereocenters. The first-order valence-electron chi connectivity index (χ1n) is 12.2. The third-order valence-electron chi connectivity index (χ3n) is 7.03. The largest absolute Gasteiger partial charge is 0.294 e. The van der Waals surface area contributed by atoms with Gasteiger partial charge in [0.1, 0.15) is 11.6 Å². The second-order valence-electron chi connectivity index (χ2n) is 9.47. The Hall–Kier alpha value is -3.38. The van der Waals surface area contributed by atoms with E-state index in [4.69, 9.17) is 0 Å². The fourth-order valence-corrected chi connectivity index (χ4v) is 5.06. The van der Waals surface area contributed by atoms with Crippen LogP contribution in [0.3, 0.4) is 0 Å². The van der Waals surface area contributed by atoms with Crippen molar-refractivity contribution in [2.45, 2.75) is 31.7 Å². The van der Waals surface area contributed by atoms with Crippen LogP contribution >= 0.6 is 0 Å². The summed E-state index contributed by atoms with van der Waals surface area (Å²) >= 11 is 0. The standard InChI is InChI=1S/C29H29F2N3O/c30-25-10-6-23(7-11-25)27-19-28(24-8-12-26(31)13-9-24)34(32-27)29(35)20-33-16-14-22(15-17-33)18-21-4-2-1-3-5-21/h1-13,22,28H,14-20H2. The highest BCUT2D eigenvalue weighted by molar-refractivity contribution is 6.03. The molecule has 1 unspecified atom stereocenters. The number of likely N-dealkylation sites (tertiary alicyclic amines) is 1. The molecular weight excluding hydrogens is 444 g/mol. The third-order valence-corrected chi connectivity index (χ3v) is 7.03. The van der Waals surface area contributed by atoms with Crippen LogP contribution in [0.25, 0.3) is 0 Å². The van der Waals surface area contributed by atoms with Crippen molar-refractivity contribution in [2.24, 2.45) is 11.0 Å². The number of benzene rings is 3. The van der Waals surface area contributed by atoms with Crippen LogP contribution in [0.5, 0.6) is 0 Å². The maximum absolute atomic E-state index is 13.5. The lowest BCUT2D eigenvalue weighted by Gasteiger charge is -2.33. The van der Waals surface area contributed by atoms with Gasteiger partial charge >= 0.3 is 0 Å². The van der Waals surface area contributed by atoms with E-state index in [9.17, 15) is 13.6 Å². The van der Waals surface area contributed by atoms with Crippen molar-refractivity contribution in [1.82, 2.24) is 9.91 Å². The van der Waals surface area contributed by atoms with Gasteiger partial charge in [0.15, 0.2) is 0 Å². The predicted octanol–water partition coefficient (Wildman–Crippen LogP) is 5.60. The molecule has 5 rings (SSSR count). The second kappa shape index (κ2) is 10.5. The normalized spacial score (nSPS) is 19.1. The van der Waals surface area contributed by atoms with E-state index in [0.29, 0.717) is 18.9 Å². The van der Waals surface area contributed by atoms with Crippen LogP contribution in [0.2, 0.25) is 0 Å². The highest BCUT2D eigenvalue weighted by atomic mass is 19.1. The van der Waals surface area contributed by atoms with Crippen molar-refractivity contribution in [3.05, 3.63) is 107 Å². The Balaban J connectivity index is 1.26. The Morgan fingerprint density at radius 3 is 2.14 bits per heavy atom. The molecule has 3 aromatic carbocycles. The number of hydrogen-bond donors (Lipinski definition) is 0. The number of amides is 1. The number of piperidine rings is 1. The molecule has 0 radical (unpaired) electrons. The molecule has 35 heavy (non-hydrogen) atoms. The molecule has 3 aromatic rings. The molecule has 0 spiro atoms. The molecule has 2 heterocycles. The van der Waals surface area contributed by atoms with E-state index >= 15 is 0 Å². The van der Waals surface area contributed by atoms with Gasteiger partial charge in [-0.1, -0.05) is 54.6 Å². The topological polar surface area (TPSA) is 35.9 Å². The zero-order chi connectivity index (χ0) is 24.2. The molecule has 0 bridgehead atoms. The Bertz CT molecular complexity index is 1170. The van der Waals surface area contributed by atoms with Crippen LogP contribution in [-0.4, -0.2) is 41.2 Å². The van der Waals surface area contributed by atoms with Gasteiger partial charge in [-0.2, -0.15) is 5.10 Å². The number of carbonyl (C=O) groups excluding carboxylic acids is 1. The third kappa shape index (κ3) is 5.65. The molecule has 180 valence electrons. The van der Waals surface area contributed by atoms with E-state index in [-0.39, 0.29) is 23.6 Å². The molecule has 2 aliphatic heterocycles. The summed E-state index contributed by atoms with van der Waals surface area (Å²) in [4.78, 5) is 15.6. The van der Waals surface area contributed by atoms with Gasteiger partial charge in [0.05, 0.1) is 18.3 Å². The van der Waals surface area contributed by atoms with E-state index in [2.05, 4.69) is 34.3 Å². The number of carbonyl (C=O) groups is 1. The van der Waals surface area contributed by atoms with Gasteiger partial charge in [-0.3, -0.25) is 9.69 Å². The van der Waals surface area contributed by atoms with Crippen molar-refractivity contribution in [1.29, 1.82) is 0 Å². The summed E-state index contributed by atoms with van der Waals surface area (Å²) in [7, 11) is 0. The lowest BCUT2D eigenvalue weighted by atomic mass is 9.90. The summed E-state index contributed by atoms with van der Waals surface area (Å²) in [5, 5.41) is 6.21. The average Bonchev–Trinajstić information content (AvgIpc) is 3.32. The molecule has 0 aliphatic carbocycles. The molecule has 4 nitrogen and oxygen atoms in total. The smallest absolute Gasteiger partial charge is 0.257 e. The van der Waals surface area contributed by atoms with E-state index in [0.717, 1.165) is 49.2 Å². The number of halogens is 2.